The molecular weight excluding hydrogens is 288 g/mol. The normalized spacial score (nSPS) is 20.8. The Labute approximate surface area is 109 Å². The number of aliphatic hydroxyl groups excluding tert-OH is 1. The molecule has 0 aliphatic carbocycles. The molecule has 1 atom stereocenters. The van der Waals surface area contributed by atoms with Gasteiger partial charge in [0.2, 0.25) is 0 Å². The molecule has 0 radical (unpaired) electrons. The Kier molecular flexibility index (Phi) is 4.55. The minimum absolute atomic E-state index is 0.0750. The van der Waals surface area contributed by atoms with Crippen molar-refractivity contribution in [2.75, 3.05) is 6.61 Å². The van der Waals surface area contributed by atoms with E-state index < -0.39 is 0 Å². The summed E-state index contributed by atoms with van der Waals surface area (Å²) in [6.07, 6.45) is 3.11. The van der Waals surface area contributed by atoms with E-state index >= 15 is 0 Å². The lowest BCUT2D eigenvalue weighted by molar-refractivity contribution is -0.169. The van der Waals surface area contributed by atoms with Gasteiger partial charge in [-0.15, -0.1) is 0 Å². The Morgan fingerprint density at radius 3 is 3.00 bits per heavy atom. The number of halogens is 1. The van der Waals surface area contributed by atoms with Gasteiger partial charge in [-0.05, 0) is 35.2 Å². The van der Waals surface area contributed by atoms with Gasteiger partial charge in [-0.1, -0.05) is 0 Å². The van der Waals surface area contributed by atoms with Crippen LogP contribution < -0.4 is 0 Å². The smallest absolute Gasteiger partial charge is 0.158 e. The topological polar surface area (TPSA) is 56.5 Å². The summed E-state index contributed by atoms with van der Waals surface area (Å²) >= 11 is 3.42. The van der Waals surface area contributed by atoms with Gasteiger partial charge in [0.1, 0.15) is 5.69 Å². The predicted molar refractivity (Wildman–Crippen MR) is 65.2 cm³/mol. The summed E-state index contributed by atoms with van der Waals surface area (Å²) in [6, 6.07) is 0. The van der Waals surface area contributed by atoms with Gasteiger partial charge < -0.3 is 14.6 Å². The average Bonchev–Trinajstić information content (AvgIpc) is 2.63. The Bertz CT molecular complexity index is 375. The maximum absolute atomic E-state index is 9.10. The third-order valence-electron chi connectivity index (χ3n) is 2.86. The molecule has 1 aromatic rings. The molecule has 5 nitrogen and oxygen atoms in total. The quantitative estimate of drug-likeness (QED) is 0.920. The van der Waals surface area contributed by atoms with E-state index in [1.54, 1.807) is 4.68 Å². The Morgan fingerprint density at radius 2 is 2.41 bits per heavy atom. The van der Waals surface area contributed by atoms with Gasteiger partial charge in [0, 0.05) is 13.7 Å². The SMILES string of the molecule is Cn1nc(CO)c(Br)c1COC1CCCCO1. The molecule has 1 fully saturated rings. The Morgan fingerprint density at radius 1 is 1.59 bits per heavy atom. The van der Waals surface area contributed by atoms with Crippen LogP contribution in [-0.4, -0.2) is 27.8 Å². The van der Waals surface area contributed by atoms with Crippen LogP contribution in [0.1, 0.15) is 30.7 Å². The zero-order valence-electron chi connectivity index (χ0n) is 9.86. The molecule has 6 heteroatoms. The second-order valence-electron chi connectivity index (χ2n) is 4.10. The molecule has 2 heterocycles. The number of rotatable bonds is 4. The fraction of sp³-hybridized carbons (Fsp3) is 0.727. The first-order valence-electron chi connectivity index (χ1n) is 5.76. The molecule has 0 spiro atoms. The maximum atomic E-state index is 9.10. The third-order valence-corrected chi connectivity index (χ3v) is 3.78. The van der Waals surface area contributed by atoms with Gasteiger partial charge in [-0.3, -0.25) is 4.68 Å². The van der Waals surface area contributed by atoms with Crippen LogP contribution in [0.25, 0.3) is 0 Å². The largest absolute Gasteiger partial charge is 0.390 e. The van der Waals surface area contributed by atoms with Crippen molar-refractivity contribution in [1.29, 1.82) is 0 Å². The van der Waals surface area contributed by atoms with Crippen LogP contribution in [0.4, 0.5) is 0 Å². The van der Waals surface area contributed by atoms with E-state index in [4.69, 9.17) is 14.6 Å². The summed E-state index contributed by atoms with van der Waals surface area (Å²) in [7, 11) is 1.84. The molecule has 0 aromatic carbocycles. The van der Waals surface area contributed by atoms with Crippen molar-refractivity contribution in [3.05, 3.63) is 15.9 Å². The lowest BCUT2D eigenvalue weighted by Crippen LogP contribution is -2.22. The van der Waals surface area contributed by atoms with Crippen molar-refractivity contribution >= 4 is 15.9 Å². The Hall–Kier alpha value is -0.430. The number of nitrogens with zero attached hydrogens (tertiary/aromatic N) is 2. The van der Waals surface area contributed by atoms with Crippen molar-refractivity contribution in [3.63, 3.8) is 0 Å². The molecule has 0 amide bonds. The number of aryl methyl sites for hydroxylation is 1. The molecule has 0 saturated carbocycles. The maximum Gasteiger partial charge on any atom is 0.158 e. The van der Waals surface area contributed by atoms with E-state index in [1.165, 1.54) is 0 Å². The molecule has 17 heavy (non-hydrogen) atoms. The molecule has 96 valence electrons. The van der Waals surface area contributed by atoms with Crippen molar-refractivity contribution < 1.29 is 14.6 Å². The average molecular weight is 305 g/mol. The fourth-order valence-corrected chi connectivity index (χ4v) is 2.44. The van der Waals surface area contributed by atoms with Crippen LogP contribution in [0, 0.1) is 0 Å². The molecular formula is C11H17BrN2O3. The summed E-state index contributed by atoms with van der Waals surface area (Å²) < 4.78 is 13.7. The van der Waals surface area contributed by atoms with E-state index in [-0.39, 0.29) is 12.9 Å². The summed E-state index contributed by atoms with van der Waals surface area (Å²) in [5, 5.41) is 13.3. The highest BCUT2D eigenvalue weighted by atomic mass is 79.9. The number of ether oxygens (including phenoxy) is 2. The van der Waals surface area contributed by atoms with Crippen molar-refractivity contribution in [3.8, 4) is 0 Å². The minimum Gasteiger partial charge on any atom is -0.390 e. The summed E-state index contributed by atoms with van der Waals surface area (Å²) in [4.78, 5) is 0. The highest BCUT2D eigenvalue weighted by Gasteiger charge is 2.18. The van der Waals surface area contributed by atoms with Crippen LogP contribution in [0.5, 0.6) is 0 Å². The molecule has 1 aromatic heterocycles. The second-order valence-corrected chi connectivity index (χ2v) is 4.89. The Balaban J connectivity index is 1.95. The molecule has 2 rings (SSSR count). The highest BCUT2D eigenvalue weighted by Crippen LogP contribution is 2.23. The number of aliphatic hydroxyl groups is 1. The van der Waals surface area contributed by atoms with Crippen LogP contribution in [0.2, 0.25) is 0 Å². The molecule has 1 unspecified atom stereocenters. The van der Waals surface area contributed by atoms with E-state index in [0.717, 1.165) is 36.0 Å². The fourth-order valence-electron chi connectivity index (χ4n) is 1.87. The van der Waals surface area contributed by atoms with Gasteiger partial charge in [0.05, 0.1) is 23.4 Å². The van der Waals surface area contributed by atoms with Gasteiger partial charge in [0.15, 0.2) is 6.29 Å². The second kappa shape index (κ2) is 5.95. The van der Waals surface area contributed by atoms with Crippen molar-refractivity contribution in [2.24, 2.45) is 7.05 Å². The van der Waals surface area contributed by atoms with E-state index in [0.29, 0.717) is 12.3 Å². The lowest BCUT2D eigenvalue weighted by atomic mass is 10.2. The minimum atomic E-state index is -0.108. The third kappa shape index (κ3) is 3.07. The zero-order chi connectivity index (χ0) is 12.3. The summed E-state index contributed by atoms with van der Waals surface area (Å²) in [5.41, 5.74) is 1.55. The summed E-state index contributed by atoms with van der Waals surface area (Å²) in [6.45, 7) is 1.14. The first-order chi connectivity index (χ1) is 8.22. The van der Waals surface area contributed by atoms with Gasteiger partial charge in [0.25, 0.3) is 0 Å². The summed E-state index contributed by atoms with van der Waals surface area (Å²) in [5.74, 6) is 0. The van der Waals surface area contributed by atoms with Gasteiger partial charge >= 0.3 is 0 Å². The first-order valence-corrected chi connectivity index (χ1v) is 6.56. The standard InChI is InChI=1S/C11H17BrN2O3/c1-14-9(11(12)8(6-15)13-14)7-17-10-4-2-3-5-16-10/h10,15H,2-7H2,1H3. The van der Waals surface area contributed by atoms with E-state index in [9.17, 15) is 0 Å². The first kappa shape index (κ1) is 13.0. The van der Waals surface area contributed by atoms with Gasteiger partial charge in [-0.2, -0.15) is 5.10 Å². The number of hydrogen-bond acceptors (Lipinski definition) is 4. The molecule has 1 aliphatic heterocycles. The number of aromatic nitrogens is 2. The monoisotopic (exact) mass is 304 g/mol. The van der Waals surface area contributed by atoms with Crippen LogP contribution >= 0.6 is 15.9 Å². The highest BCUT2D eigenvalue weighted by molar-refractivity contribution is 9.10. The van der Waals surface area contributed by atoms with Crippen LogP contribution in [0.3, 0.4) is 0 Å². The molecule has 1 saturated heterocycles. The molecule has 1 aliphatic rings. The van der Waals surface area contributed by atoms with E-state index in [1.807, 2.05) is 7.05 Å². The van der Waals surface area contributed by atoms with Crippen LogP contribution in [0.15, 0.2) is 4.47 Å². The lowest BCUT2D eigenvalue weighted by Gasteiger charge is -2.22. The van der Waals surface area contributed by atoms with Gasteiger partial charge in [-0.25, -0.2) is 0 Å². The molecule has 1 N–H and O–H groups in total. The number of hydrogen-bond donors (Lipinski definition) is 1. The zero-order valence-corrected chi connectivity index (χ0v) is 11.4. The van der Waals surface area contributed by atoms with Crippen molar-refractivity contribution in [2.45, 2.75) is 38.8 Å². The predicted octanol–water partition coefficient (Wildman–Crippen LogP) is 1.72. The van der Waals surface area contributed by atoms with E-state index in [2.05, 4.69) is 21.0 Å². The van der Waals surface area contributed by atoms with Crippen LogP contribution in [-0.2, 0) is 29.7 Å². The molecule has 0 bridgehead atoms. The van der Waals surface area contributed by atoms with Crippen molar-refractivity contribution in [1.82, 2.24) is 9.78 Å².